The van der Waals surface area contributed by atoms with Gasteiger partial charge in [-0.15, -0.1) is 0 Å². The van der Waals surface area contributed by atoms with Crippen LogP contribution in [0.15, 0.2) is 54.6 Å². The number of alkyl halides is 3. The molecule has 1 aliphatic carbocycles. The second kappa shape index (κ2) is 7.54. The van der Waals surface area contributed by atoms with Crippen LogP contribution < -0.4 is 14.8 Å². The van der Waals surface area contributed by atoms with E-state index in [0.29, 0.717) is 41.2 Å². The molecule has 3 aromatic carbocycles. The van der Waals surface area contributed by atoms with Gasteiger partial charge >= 0.3 is 6.18 Å². The number of rotatable bonds is 4. The van der Waals surface area contributed by atoms with Crippen molar-refractivity contribution in [3.05, 3.63) is 76.9 Å². The Hall–Kier alpha value is -3.48. The fourth-order valence-electron chi connectivity index (χ4n) is 4.44. The van der Waals surface area contributed by atoms with E-state index in [2.05, 4.69) is 5.32 Å². The quantitative estimate of drug-likeness (QED) is 0.498. The van der Waals surface area contributed by atoms with E-state index in [1.807, 2.05) is 31.2 Å². The van der Waals surface area contributed by atoms with Gasteiger partial charge in [-0.3, -0.25) is 4.79 Å². The maximum atomic E-state index is 13.4. The first kappa shape index (κ1) is 21.4. The molecule has 33 heavy (non-hydrogen) atoms. The number of aryl methyl sites for hydroxylation is 1. The van der Waals surface area contributed by atoms with E-state index in [9.17, 15) is 18.0 Å². The molecule has 1 fully saturated rings. The molecule has 0 bridgehead atoms. The average molecular weight is 453 g/mol. The van der Waals surface area contributed by atoms with E-state index in [1.54, 1.807) is 18.2 Å². The van der Waals surface area contributed by atoms with Crippen LogP contribution in [0.4, 0.5) is 18.9 Å². The molecule has 1 aliphatic heterocycles. The summed E-state index contributed by atoms with van der Waals surface area (Å²) in [6, 6.07) is 15.0. The van der Waals surface area contributed by atoms with Crippen molar-refractivity contribution < 1.29 is 27.4 Å². The molecule has 2 aliphatic rings. The van der Waals surface area contributed by atoms with Crippen molar-refractivity contribution in [3.63, 3.8) is 0 Å². The molecule has 0 radical (unpaired) electrons. The molecule has 0 unspecified atom stereocenters. The molecule has 1 amide bonds. The van der Waals surface area contributed by atoms with E-state index in [-0.39, 0.29) is 18.3 Å². The number of ether oxygens (including phenoxy) is 2. The predicted octanol–water partition coefficient (Wildman–Crippen LogP) is 6.39. The van der Waals surface area contributed by atoms with Gasteiger partial charge in [0.15, 0.2) is 11.5 Å². The lowest BCUT2D eigenvalue weighted by molar-refractivity contribution is -0.138. The summed E-state index contributed by atoms with van der Waals surface area (Å²) < 4.78 is 51.0. The summed E-state index contributed by atoms with van der Waals surface area (Å²) in [5.74, 6) is 1.15. The van der Waals surface area contributed by atoms with Gasteiger partial charge in [0, 0.05) is 5.69 Å². The molecule has 0 aromatic heterocycles. The number of hydrogen-bond donors (Lipinski definition) is 1. The molecule has 5 rings (SSSR count). The maximum Gasteiger partial charge on any atom is 0.416 e. The van der Waals surface area contributed by atoms with E-state index in [0.717, 1.165) is 17.2 Å². The Morgan fingerprint density at radius 1 is 0.939 bits per heavy atom. The lowest BCUT2D eigenvalue weighted by Crippen LogP contribution is -2.27. The van der Waals surface area contributed by atoms with Gasteiger partial charge in [0.1, 0.15) is 0 Å². The van der Waals surface area contributed by atoms with E-state index in [1.165, 1.54) is 13.0 Å². The van der Waals surface area contributed by atoms with Gasteiger partial charge in [0.05, 0.1) is 11.0 Å². The third-order valence-corrected chi connectivity index (χ3v) is 6.53. The van der Waals surface area contributed by atoms with Gasteiger partial charge in [-0.2, -0.15) is 13.2 Å². The maximum absolute atomic E-state index is 13.4. The van der Waals surface area contributed by atoms with Crippen molar-refractivity contribution in [1.82, 2.24) is 0 Å². The summed E-state index contributed by atoms with van der Waals surface area (Å²) in [6.07, 6.45) is -3.00. The van der Waals surface area contributed by atoms with E-state index >= 15 is 0 Å². The van der Waals surface area contributed by atoms with Crippen molar-refractivity contribution in [3.8, 4) is 22.6 Å². The molecule has 1 saturated carbocycles. The molecular formula is C26H22F3NO3. The standard InChI is InChI=1S/C26H22F3NO3/c1-15-6-8-18(13-20(15)19-4-3-5-21(16(19)2)26(27,28)29)30-24(31)25(10-11-25)17-7-9-22-23(12-17)33-14-32-22/h3-9,12-13H,10-11,14H2,1-2H3,(H,30,31). The van der Waals surface area contributed by atoms with Crippen LogP contribution in [0.5, 0.6) is 11.5 Å². The zero-order valence-electron chi connectivity index (χ0n) is 18.2. The normalized spacial score (nSPS) is 15.9. The monoisotopic (exact) mass is 453 g/mol. The Labute approximate surface area is 189 Å². The highest BCUT2D eigenvalue weighted by Crippen LogP contribution is 2.51. The zero-order chi connectivity index (χ0) is 23.4. The third kappa shape index (κ3) is 3.71. The minimum absolute atomic E-state index is 0.142. The number of amides is 1. The summed E-state index contributed by atoms with van der Waals surface area (Å²) in [5, 5.41) is 2.98. The molecule has 0 saturated heterocycles. The molecule has 0 atom stereocenters. The fraction of sp³-hybridized carbons (Fsp3) is 0.269. The van der Waals surface area contributed by atoms with Gasteiger partial charge in [-0.1, -0.05) is 24.3 Å². The zero-order valence-corrected chi connectivity index (χ0v) is 18.2. The smallest absolute Gasteiger partial charge is 0.416 e. The summed E-state index contributed by atoms with van der Waals surface area (Å²) >= 11 is 0. The second-order valence-corrected chi connectivity index (χ2v) is 8.61. The Balaban J connectivity index is 1.44. The number of anilines is 1. The number of carbonyl (C=O) groups excluding carboxylic acids is 1. The molecule has 7 heteroatoms. The lowest BCUT2D eigenvalue weighted by atomic mass is 9.92. The van der Waals surface area contributed by atoms with Crippen LogP contribution >= 0.6 is 0 Å². The molecule has 3 aromatic rings. The van der Waals surface area contributed by atoms with Crippen LogP contribution in [-0.2, 0) is 16.4 Å². The first-order valence-electron chi connectivity index (χ1n) is 10.7. The highest BCUT2D eigenvalue weighted by Gasteiger charge is 2.51. The van der Waals surface area contributed by atoms with Crippen LogP contribution in [0.2, 0.25) is 0 Å². The average Bonchev–Trinajstić information content (AvgIpc) is 3.45. The topological polar surface area (TPSA) is 47.6 Å². The Morgan fingerprint density at radius 2 is 1.70 bits per heavy atom. The van der Waals surface area contributed by atoms with Crippen molar-refractivity contribution in [1.29, 1.82) is 0 Å². The highest BCUT2D eigenvalue weighted by atomic mass is 19.4. The van der Waals surface area contributed by atoms with Crippen LogP contribution in [-0.4, -0.2) is 12.7 Å². The first-order valence-corrected chi connectivity index (χ1v) is 10.7. The van der Waals surface area contributed by atoms with Crippen molar-refractivity contribution >= 4 is 11.6 Å². The Morgan fingerprint density at radius 3 is 2.42 bits per heavy atom. The number of nitrogens with one attached hydrogen (secondary N) is 1. The van der Waals surface area contributed by atoms with Crippen molar-refractivity contribution in [2.75, 3.05) is 12.1 Å². The largest absolute Gasteiger partial charge is 0.454 e. The van der Waals surface area contributed by atoms with Crippen molar-refractivity contribution in [2.24, 2.45) is 0 Å². The first-order chi connectivity index (χ1) is 15.7. The third-order valence-electron chi connectivity index (χ3n) is 6.53. The minimum Gasteiger partial charge on any atom is -0.454 e. The molecule has 1 N–H and O–H groups in total. The number of hydrogen-bond acceptors (Lipinski definition) is 3. The number of halogens is 3. The summed E-state index contributed by atoms with van der Waals surface area (Å²) in [6.45, 7) is 3.48. The molecule has 170 valence electrons. The Bertz CT molecular complexity index is 1260. The fourth-order valence-corrected chi connectivity index (χ4v) is 4.44. The van der Waals surface area contributed by atoms with Crippen LogP contribution in [0.25, 0.3) is 11.1 Å². The van der Waals surface area contributed by atoms with E-state index < -0.39 is 17.2 Å². The highest BCUT2D eigenvalue weighted by molar-refractivity contribution is 6.02. The Kier molecular flexibility index (Phi) is 4.88. The van der Waals surface area contributed by atoms with Gasteiger partial charge in [0.25, 0.3) is 0 Å². The molecule has 0 spiro atoms. The van der Waals surface area contributed by atoms with Crippen molar-refractivity contribution in [2.45, 2.75) is 38.3 Å². The molecular weight excluding hydrogens is 431 g/mol. The van der Waals surface area contributed by atoms with Gasteiger partial charge in [-0.25, -0.2) is 0 Å². The lowest BCUT2D eigenvalue weighted by Gasteiger charge is -2.19. The van der Waals surface area contributed by atoms with Crippen LogP contribution in [0.3, 0.4) is 0 Å². The minimum atomic E-state index is -4.43. The number of benzene rings is 3. The van der Waals surface area contributed by atoms with Gasteiger partial charge in [-0.05, 0) is 84.8 Å². The molecule has 4 nitrogen and oxygen atoms in total. The second-order valence-electron chi connectivity index (χ2n) is 8.61. The summed E-state index contributed by atoms with van der Waals surface area (Å²) in [4.78, 5) is 13.3. The predicted molar refractivity (Wildman–Crippen MR) is 118 cm³/mol. The summed E-state index contributed by atoms with van der Waals surface area (Å²) in [5.41, 5.74) is 2.25. The SMILES string of the molecule is Cc1ccc(NC(=O)C2(c3ccc4c(c3)OCO4)CC2)cc1-c1cccc(C(F)(F)F)c1C. The number of fused-ring (bicyclic) bond motifs is 1. The van der Waals surface area contributed by atoms with Crippen LogP contribution in [0, 0.1) is 13.8 Å². The van der Waals surface area contributed by atoms with Gasteiger partial charge < -0.3 is 14.8 Å². The molecule has 1 heterocycles. The summed E-state index contributed by atoms with van der Waals surface area (Å²) in [7, 11) is 0. The van der Waals surface area contributed by atoms with E-state index in [4.69, 9.17) is 9.47 Å². The van der Waals surface area contributed by atoms with Crippen LogP contribution in [0.1, 0.15) is 35.1 Å². The van der Waals surface area contributed by atoms with Gasteiger partial charge in [0.2, 0.25) is 12.7 Å². The number of carbonyl (C=O) groups is 1.